The third kappa shape index (κ3) is 8.73. The minimum atomic E-state index is -4.22. The number of amides is 2. The number of anilines is 1. The van der Waals surface area contributed by atoms with Gasteiger partial charge in [0.15, 0.2) is 0 Å². The first-order valence-corrected chi connectivity index (χ1v) is 16.6. The fourth-order valence-corrected chi connectivity index (χ4v) is 6.51. The van der Waals surface area contributed by atoms with Crippen LogP contribution >= 0.6 is 0 Å². The number of rotatable bonds is 15. The van der Waals surface area contributed by atoms with Gasteiger partial charge in [0, 0.05) is 19.5 Å². The van der Waals surface area contributed by atoms with Gasteiger partial charge >= 0.3 is 0 Å². The summed E-state index contributed by atoms with van der Waals surface area (Å²) in [7, 11) is -2.76. The van der Waals surface area contributed by atoms with Gasteiger partial charge in [0.05, 0.1) is 17.7 Å². The molecule has 0 aliphatic heterocycles. The lowest BCUT2D eigenvalue weighted by Crippen LogP contribution is -2.53. The zero-order valence-electron chi connectivity index (χ0n) is 26.1. The van der Waals surface area contributed by atoms with Gasteiger partial charge in [0.1, 0.15) is 18.3 Å². The average Bonchev–Trinajstić information content (AvgIpc) is 3.06. The van der Waals surface area contributed by atoms with Crippen LogP contribution in [0.25, 0.3) is 0 Å². The van der Waals surface area contributed by atoms with Gasteiger partial charge < -0.3 is 15.0 Å². The Balaban J connectivity index is 1.81. The van der Waals surface area contributed by atoms with Gasteiger partial charge in [-0.1, -0.05) is 98.3 Å². The van der Waals surface area contributed by atoms with Crippen LogP contribution in [-0.4, -0.2) is 51.4 Å². The van der Waals surface area contributed by atoms with Crippen LogP contribution in [0.5, 0.6) is 5.75 Å². The lowest BCUT2D eigenvalue weighted by Gasteiger charge is -2.34. The van der Waals surface area contributed by atoms with E-state index in [1.165, 1.54) is 24.1 Å². The van der Waals surface area contributed by atoms with Crippen molar-refractivity contribution in [3.05, 3.63) is 126 Å². The molecule has 4 rings (SSSR count). The minimum Gasteiger partial charge on any atom is -0.495 e. The molecule has 1 N–H and O–H groups in total. The summed E-state index contributed by atoms with van der Waals surface area (Å²) in [6.07, 6.45) is 1.96. The summed E-state index contributed by atoms with van der Waals surface area (Å²) < 4.78 is 35.1. The van der Waals surface area contributed by atoms with Crippen LogP contribution in [0.15, 0.2) is 114 Å². The van der Waals surface area contributed by atoms with Crippen molar-refractivity contribution in [2.24, 2.45) is 0 Å². The number of aryl methyl sites for hydroxylation is 1. The molecule has 0 aliphatic carbocycles. The SMILES string of the molecule is CCCCNC(=O)[C@@H](Cc1ccccc1)N(Cc1ccccc1)C(=O)CN(c1cc(C)ccc1OC)S(=O)(=O)c1ccccc1. The number of nitrogens with zero attached hydrogens (tertiary/aromatic N) is 2. The molecule has 0 spiro atoms. The highest BCUT2D eigenvalue weighted by Gasteiger charge is 2.35. The van der Waals surface area contributed by atoms with Crippen molar-refractivity contribution in [2.75, 3.05) is 24.5 Å². The van der Waals surface area contributed by atoms with Crippen LogP contribution < -0.4 is 14.4 Å². The zero-order chi connectivity index (χ0) is 32.2. The van der Waals surface area contributed by atoms with Crippen LogP contribution in [0.1, 0.15) is 36.5 Å². The second-order valence-corrected chi connectivity index (χ2v) is 12.7. The molecule has 0 bridgehead atoms. The molecule has 0 unspecified atom stereocenters. The van der Waals surface area contributed by atoms with Gasteiger partial charge in [-0.2, -0.15) is 0 Å². The number of nitrogens with one attached hydrogen (secondary N) is 1. The molecule has 4 aromatic carbocycles. The second-order valence-electron chi connectivity index (χ2n) is 10.9. The summed E-state index contributed by atoms with van der Waals surface area (Å²) in [4.78, 5) is 29.9. The molecule has 236 valence electrons. The molecule has 0 radical (unpaired) electrons. The standard InChI is InChI=1S/C36H41N3O5S/c1-4-5-23-37-36(41)33(25-29-15-9-6-10-16-29)38(26-30-17-11-7-12-18-30)35(40)27-39(32-24-28(2)21-22-34(32)44-3)45(42,43)31-19-13-8-14-20-31/h6-22,24,33H,4-5,23,25-27H2,1-3H3,(H,37,41)/t33-/m1/s1. The second kappa shape index (κ2) is 15.9. The Bertz CT molecular complexity index is 1650. The van der Waals surface area contributed by atoms with Crippen molar-refractivity contribution < 1.29 is 22.7 Å². The molecule has 1 atom stereocenters. The highest BCUT2D eigenvalue weighted by atomic mass is 32.2. The quantitative estimate of drug-likeness (QED) is 0.169. The predicted molar refractivity (Wildman–Crippen MR) is 178 cm³/mol. The Kier molecular flexibility index (Phi) is 11.8. The van der Waals surface area contributed by atoms with E-state index in [1.54, 1.807) is 30.3 Å². The Morgan fingerprint density at radius 3 is 2.04 bits per heavy atom. The van der Waals surface area contributed by atoms with Gasteiger partial charge in [0.25, 0.3) is 10.0 Å². The molecule has 45 heavy (non-hydrogen) atoms. The van der Waals surface area contributed by atoms with Crippen LogP contribution in [-0.2, 0) is 32.6 Å². The summed E-state index contributed by atoms with van der Waals surface area (Å²) in [5.41, 5.74) is 2.73. The highest BCUT2D eigenvalue weighted by Crippen LogP contribution is 2.34. The van der Waals surface area contributed by atoms with E-state index in [-0.39, 0.29) is 29.5 Å². The summed E-state index contributed by atoms with van der Waals surface area (Å²) in [5.74, 6) is -0.503. The molecule has 2 amide bonds. The Labute approximate surface area is 266 Å². The largest absolute Gasteiger partial charge is 0.495 e. The van der Waals surface area contributed by atoms with E-state index in [0.29, 0.717) is 12.3 Å². The first-order valence-electron chi connectivity index (χ1n) is 15.1. The zero-order valence-corrected chi connectivity index (χ0v) is 26.9. The van der Waals surface area contributed by atoms with Gasteiger partial charge in [-0.3, -0.25) is 13.9 Å². The first kappa shape index (κ1) is 33.3. The van der Waals surface area contributed by atoms with E-state index in [2.05, 4.69) is 5.32 Å². The summed E-state index contributed by atoms with van der Waals surface area (Å²) >= 11 is 0. The van der Waals surface area contributed by atoms with Crippen LogP contribution in [0.2, 0.25) is 0 Å². The maximum Gasteiger partial charge on any atom is 0.264 e. The molecule has 0 aromatic heterocycles. The normalized spacial score (nSPS) is 11.8. The minimum absolute atomic E-state index is 0.0362. The number of sulfonamides is 1. The van der Waals surface area contributed by atoms with Gasteiger partial charge in [-0.15, -0.1) is 0 Å². The lowest BCUT2D eigenvalue weighted by molar-refractivity contribution is -0.140. The van der Waals surface area contributed by atoms with E-state index >= 15 is 0 Å². The molecule has 4 aromatic rings. The molecule has 0 saturated carbocycles. The fourth-order valence-electron chi connectivity index (χ4n) is 5.07. The van der Waals surface area contributed by atoms with Crippen LogP contribution in [0, 0.1) is 6.92 Å². The number of carbonyl (C=O) groups excluding carboxylic acids is 2. The number of ether oxygens (including phenoxy) is 1. The van der Waals surface area contributed by atoms with Crippen molar-refractivity contribution in [3.63, 3.8) is 0 Å². The number of hydrogen-bond acceptors (Lipinski definition) is 5. The van der Waals surface area contributed by atoms with Crippen molar-refractivity contribution in [2.45, 2.75) is 50.6 Å². The molecule has 0 fully saturated rings. The number of methoxy groups -OCH3 is 1. The Hall–Kier alpha value is -4.63. The van der Waals surface area contributed by atoms with Crippen molar-refractivity contribution in [1.82, 2.24) is 10.2 Å². The number of benzene rings is 4. The highest BCUT2D eigenvalue weighted by molar-refractivity contribution is 7.92. The predicted octanol–water partition coefficient (Wildman–Crippen LogP) is 5.76. The average molecular weight is 628 g/mol. The van der Waals surface area contributed by atoms with Crippen molar-refractivity contribution >= 4 is 27.5 Å². The molecule has 8 nitrogen and oxygen atoms in total. The van der Waals surface area contributed by atoms with Gasteiger partial charge in [-0.25, -0.2) is 8.42 Å². The van der Waals surface area contributed by atoms with E-state index < -0.39 is 28.5 Å². The number of carbonyl (C=O) groups is 2. The number of hydrogen-bond donors (Lipinski definition) is 1. The van der Waals surface area contributed by atoms with Crippen molar-refractivity contribution in [3.8, 4) is 5.75 Å². The molecular weight excluding hydrogens is 586 g/mol. The van der Waals surface area contributed by atoms with Crippen molar-refractivity contribution in [1.29, 1.82) is 0 Å². The smallest absolute Gasteiger partial charge is 0.264 e. The monoisotopic (exact) mass is 627 g/mol. The van der Waals surface area contributed by atoms with Crippen LogP contribution in [0.4, 0.5) is 5.69 Å². The van der Waals surface area contributed by atoms with E-state index in [4.69, 9.17) is 4.74 Å². The molecule has 9 heteroatoms. The molecule has 0 heterocycles. The first-order chi connectivity index (χ1) is 21.7. The molecular formula is C36H41N3O5S. The summed E-state index contributed by atoms with van der Waals surface area (Å²) in [6, 6.07) is 31.2. The van der Waals surface area contributed by atoms with Crippen LogP contribution in [0.3, 0.4) is 0 Å². The van der Waals surface area contributed by atoms with E-state index in [1.807, 2.05) is 80.6 Å². The Morgan fingerprint density at radius 1 is 0.844 bits per heavy atom. The van der Waals surface area contributed by atoms with Gasteiger partial charge in [0.2, 0.25) is 11.8 Å². The number of unbranched alkanes of at least 4 members (excludes halogenated alkanes) is 1. The summed E-state index contributed by atoms with van der Waals surface area (Å²) in [6.45, 7) is 3.93. The topological polar surface area (TPSA) is 96.0 Å². The molecule has 0 saturated heterocycles. The van der Waals surface area contributed by atoms with E-state index in [0.717, 1.165) is 33.8 Å². The molecule has 0 aliphatic rings. The van der Waals surface area contributed by atoms with Gasteiger partial charge in [-0.05, 0) is 54.3 Å². The summed E-state index contributed by atoms with van der Waals surface area (Å²) in [5, 5.41) is 3.01. The fraction of sp³-hybridized carbons (Fsp3) is 0.278. The maximum atomic E-state index is 14.6. The third-order valence-electron chi connectivity index (χ3n) is 7.51. The maximum absolute atomic E-state index is 14.6. The van der Waals surface area contributed by atoms with E-state index in [9.17, 15) is 18.0 Å². The Morgan fingerprint density at radius 2 is 1.44 bits per heavy atom. The lowest BCUT2D eigenvalue weighted by atomic mass is 10.0. The third-order valence-corrected chi connectivity index (χ3v) is 9.28.